The highest BCUT2D eigenvalue weighted by Crippen LogP contribution is 2.19. The van der Waals surface area contributed by atoms with Crippen LogP contribution in [0.5, 0.6) is 11.8 Å². The molecule has 0 radical (unpaired) electrons. The number of sulfonamides is 1. The summed E-state index contributed by atoms with van der Waals surface area (Å²) in [6.45, 7) is 4.33. The zero-order valence-corrected chi connectivity index (χ0v) is 20.6. The summed E-state index contributed by atoms with van der Waals surface area (Å²) in [6.07, 6.45) is 3.65. The Bertz CT molecular complexity index is 1330. The number of nitrogens with one attached hydrogen (secondary N) is 2. The number of carbonyl (C=O) groups excluding carboxylic acids is 1. The number of nitrogens with zero attached hydrogens (tertiary/aromatic N) is 3. The molecular weight excluding hydrogens is 476 g/mol. The number of imidazole rings is 1. The third-order valence-corrected chi connectivity index (χ3v) is 6.55. The van der Waals surface area contributed by atoms with Crippen molar-refractivity contribution in [3.05, 3.63) is 34.7 Å². The molecule has 0 aliphatic carbocycles. The first-order valence-corrected chi connectivity index (χ1v) is 12.9. The van der Waals surface area contributed by atoms with Crippen LogP contribution >= 0.6 is 0 Å². The van der Waals surface area contributed by atoms with E-state index >= 15 is 0 Å². The number of nitrogen functional groups attached to an aromatic ring is 1. The van der Waals surface area contributed by atoms with Crippen LogP contribution in [0.25, 0.3) is 11.2 Å². The van der Waals surface area contributed by atoms with E-state index in [9.17, 15) is 18.0 Å². The number of aromatic nitrogens is 4. The van der Waals surface area contributed by atoms with Crippen LogP contribution in [0.1, 0.15) is 46.0 Å². The fraction of sp³-hybridized carbons (Fsp3) is 0.455. The lowest BCUT2D eigenvalue weighted by Gasteiger charge is -2.09. The molecule has 3 aromatic rings. The average molecular weight is 507 g/mol. The molecule has 3 rings (SSSR count). The van der Waals surface area contributed by atoms with Crippen LogP contribution < -0.4 is 25.6 Å². The number of ether oxygens (including phenoxy) is 2. The number of fused-ring (bicyclic) bond motifs is 1. The third kappa shape index (κ3) is 7.02. The molecule has 12 nitrogen and oxygen atoms in total. The van der Waals surface area contributed by atoms with Crippen molar-refractivity contribution in [2.75, 3.05) is 18.9 Å². The summed E-state index contributed by atoms with van der Waals surface area (Å²) >= 11 is 0. The number of hydrogen-bond donors (Lipinski definition) is 3. The molecule has 0 aliphatic rings. The Morgan fingerprint density at radius 2 is 2.00 bits per heavy atom. The minimum Gasteiger partial charge on any atom is -0.463 e. The number of H-pyrrole nitrogens is 1. The third-order valence-electron chi connectivity index (χ3n) is 5.09. The highest BCUT2D eigenvalue weighted by molar-refractivity contribution is 7.89. The van der Waals surface area contributed by atoms with E-state index in [4.69, 9.17) is 15.2 Å². The van der Waals surface area contributed by atoms with Crippen molar-refractivity contribution in [3.8, 4) is 11.8 Å². The fourth-order valence-corrected chi connectivity index (χ4v) is 4.45. The zero-order chi connectivity index (χ0) is 25.4. The second kappa shape index (κ2) is 11.8. The van der Waals surface area contributed by atoms with Crippen molar-refractivity contribution in [2.24, 2.45) is 0 Å². The number of nitrogens with two attached hydrogens (primary N) is 1. The van der Waals surface area contributed by atoms with Gasteiger partial charge in [0.15, 0.2) is 11.5 Å². The summed E-state index contributed by atoms with van der Waals surface area (Å²) in [7, 11) is -3.75. The van der Waals surface area contributed by atoms with Crippen molar-refractivity contribution in [2.45, 2.75) is 57.4 Å². The minimum absolute atomic E-state index is 0.0100. The SMILES string of the molecule is CCCCOc1nc(N)c2[nH]c(=O)n(CCCCCNS(=O)(=O)c3cccc(OC(C)=O)c3)c2n1. The van der Waals surface area contributed by atoms with Gasteiger partial charge < -0.3 is 20.2 Å². The van der Waals surface area contributed by atoms with Gasteiger partial charge in [0, 0.05) is 26.1 Å². The topological polar surface area (TPSA) is 171 Å². The van der Waals surface area contributed by atoms with Gasteiger partial charge in [-0.15, -0.1) is 0 Å². The van der Waals surface area contributed by atoms with E-state index in [0.29, 0.717) is 43.6 Å². The number of carbonyl (C=O) groups is 1. The van der Waals surface area contributed by atoms with Gasteiger partial charge in [-0.2, -0.15) is 9.97 Å². The molecule has 0 amide bonds. The molecule has 0 saturated heterocycles. The summed E-state index contributed by atoms with van der Waals surface area (Å²) < 4.78 is 39.5. The fourth-order valence-electron chi connectivity index (χ4n) is 3.34. The lowest BCUT2D eigenvalue weighted by atomic mass is 10.2. The van der Waals surface area contributed by atoms with E-state index in [2.05, 4.69) is 19.7 Å². The summed E-state index contributed by atoms with van der Waals surface area (Å²) in [5, 5.41) is 0. The lowest BCUT2D eigenvalue weighted by Crippen LogP contribution is -2.25. The second-order valence-corrected chi connectivity index (χ2v) is 9.67. The molecule has 1 aromatic carbocycles. The van der Waals surface area contributed by atoms with Crippen LogP contribution in [0, 0.1) is 0 Å². The average Bonchev–Trinajstić information content (AvgIpc) is 3.12. The van der Waals surface area contributed by atoms with Gasteiger partial charge in [0.05, 0.1) is 11.5 Å². The first-order chi connectivity index (χ1) is 16.7. The van der Waals surface area contributed by atoms with Crippen LogP contribution in [0.3, 0.4) is 0 Å². The number of hydrogen-bond acceptors (Lipinski definition) is 9. The van der Waals surface area contributed by atoms with E-state index in [-0.39, 0.29) is 34.7 Å². The molecule has 0 aliphatic heterocycles. The van der Waals surface area contributed by atoms with Crippen molar-refractivity contribution in [1.29, 1.82) is 0 Å². The van der Waals surface area contributed by atoms with Gasteiger partial charge in [0.1, 0.15) is 11.3 Å². The Balaban J connectivity index is 1.53. The maximum atomic E-state index is 12.5. The number of benzene rings is 1. The molecule has 190 valence electrons. The number of unbranched alkanes of at least 4 members (excludes halogenated alkanes) is 3. The summed E-state index contributed by atoms with van der Waals surface area (Å²) in [5.41, 5.74) is 6.35. The monoisotopic (exact) mass is 506 g/mol. The molecule has 0 spiro atoms. The number of esters is 1. The van der Waals surface area contributed by atoms with Crippen LogP contribution in [0.15, 0.2) is 34.0 Å². The molecular formula is C22H30N6O6S. The van der Waals surface area contributed by atoms with Gasteiger partial charge in [0.25, 0.3) is 0 Å². The van der Waals surface area contributed by atoms with Crippen LogP contribution in [-0.4, -0.2) is 47.1 Å². The predicted molar refractivity (Wildman–Crippen MR) is 130 cm³/mol. The molecule has 4 N–H and O–H groups in total. The molecule has 2 aromatic heterocycles. The highest BCUT2D eigenvalue weighted by Gasteiger charge is 2.16. The maximum Gasteiger partial charge on any atom is 0.327 e. The Kier molecular flexibility index (Phi) is 8.82. The standard InChI is InChI=1S/C22H30N6O6S/c1-3-4-13-33-21-26-19(23)18-20(27-21)28(22(30)25-18)12-7-5-6-11-24-35(31,32)17-10-8-9-16(14-17)34-15(2)29/h8-10,14,24H,3-7,11-13H2,1-2H3,(H,25,30)(H2,23,26,27). The summed E-state index contributed by atoms with van der Waals surface area (Å²) in [6, 6.07) is 5.85. The summed E-state index contributed by atoms with van der Waals surface area (Å²) in [5.74, 6) is -0.228. The number of rotatable bonds is 13. The van der Waals surface area contributed by atoms with Crippen molar-refractivity contribution in [3.63, 3.8) is 0 Å². The molecule has 0 bridgehead atoms. The van der Waals surface area contributed by atoms with Crippen molar-refractivity contribution >= 4 is 33.0 Å². The van der Waals surface area contributed by atoms with E-state index in [0.717, 1.165) is 12.8 Å². The quantitative estimate of drug-likeness (QED) is 0.178. The minimum atomic E-state index is -3.75. The molecule has 0 saturated carbocycles. The summed E-state index contributed by atoms with van der Waals surface area (Å²) in [4.78, 5) is 34.6. The predicted octanol–water partition coefficient (Wildman–Crippen LogP) is 1.95. The van der Waals surface area contributed by atoms with E-state index in [1.54, 1.807) is 0 Å². The van der Waals surface area contributed by atoms with E-state index in [1.165, 1.54) is 35.8 Å². The van der Waals surface area contributed by atoms with Gasteiger partial charge in [-0.1, -0.05) is 25.8 Å². The molecule has 35 heavy (non-hydrogen) atoms. The molecule has 0 fully saturated rings. The van der Waals surface area contributed by atoms with Crippen LogP contribution in [0.4, 0.5) is 5.82 Å². The Labute approximate surface area is 202 Å². The zero-order valence-electron chi connectivity index (χ0n) is 19.7. The van der Waals surface area contributed by atoms with E-state index in [1.807, 2.05) is 6.92 Å². The second-order valence-electron chi connectivity index (χ2n) is 7.90. The van der Waals surface area contributed by atoms with Gasteiger partial charge >= 0.3 is 17.7 Å². The van der Waals surface area contributed by atoms with Gasteiger partial charge in [0.2, 0.25) is 10.0 Å². The van der Waals surface area contributed by atoms with Crippen molar-refractivity contribution in [1.82, 2.24) is 24.2 Å². The maximum absolute atomic E-state index is 12.5. The highest BCUT2D eigenvalue weighted by atomic mass is 32.2. The van der Waals surface area contributed by atoms with Gasteiger partial charge in [-0.25, -0.2) is 17.9 Å². The molecule has 13 heteroatoms. The molecule has 2 heterocycles. The van der Waals surface area contributed by atoms with Gasteiger partial charge in [-0.05, 0) is 31.4 Å². The van der Waals surface area contributed by atoms with Crippen LogP contribution in [0.2, 0.25) is 0 Å². The molecule has 0 unspecified atom stereocenters. The normalized spacial score (nSPS) is 11.6. The Morgan fingerprint density at radius 1 is 1.20 bits per heavy atom. The smallest absolute Gasteiger partial charge is 0.327 e. The lowest BCUT2D eigenvalue weighted by molar-refractivity contribution is -0.131. The largest absolute Gasteiger partial charge is 0.463 e. The van der Waals surface area contributed by atoms with Gasteiger partial charge in [-0.3, -0.25) is 9.36 Å². The first kappa shape index (κ1) is 26.2. The Hall–Kier alpha value is -3.45. The molecule has 0 atom stereocenters. The van der Waals surface area contributed by atoms with Crippen molar-refractivity contribution < 1.29 is 22.7 Å². The van der Waals surface area contributed by atoms with Crippen LogP contribution in [-0.2, 0) is 21.4 Å². The number of aromatic amines is 1. The Morgan fingerprint density at radius 3 is 2.74 bits per heavy atom. The van der Waals surface area contributed by atoms with E-state index < -0.39 is 16.0 Å². The number of anilines is 1. The first-order valence-electron chi connectivity index (χ1n) is 11.4. The number of aryl methyl sites for hydroxylation is 1.